The zero-order chi connectivity index (χ0) is 9.26. The quantitative estimate of drug-likeness (QED) is 0.691. The average Bonchev–Trinajstić information content (AvgIpc) is 2.71. The number of anilines is 1. The number of nitrogens with two attached hydrogens (primary N) is 1. The summed E-state index contributed by atoms with van der Waals surface area (Å²) in [5, 5.41) is 9.32. The third-order valence-electron chi connectivity index (χ3n) is 2.32. The predicted octanol–water partition coefficient (Wildman–Crippen LogP) is 0.309. The average molecular weight is 182 g/mol. The zero-order valence-corrected chi connectivity index (χ0v) is 7.44. The van der Waals surface area contributed by atoms with E-state index >= 15 is 0 Å². The number of nitrogens with zero attached hydrogens (tertiary/aromatic N) is 1. The summed E-state index contributed by atoms with van der Waals surface area (Å²) in [6.45, 7) is 1.95. The molecule has 1 aromatic heterocycles. The molecule has 0 saturated carbocycles. The van der Waals surface area contributed by atoms with Crippen LogP contribution < -0.4 is 10.6 Å². The molecule has 4 nitrogen and oxygen atoms in total. The number of hydrogen-bond acceptors (Lipinski definition) is 4. The van der Waals surface area contributed by atoms with Gasteiger partial charge < -0.3 is 20.2 Å². The van der Waals surface area contributed by atoms with Gasteiger partial charge >= 0.3 is 0 Å². The molecule has 1 aromatic rings. The highest BCUT2D eigenvalue weighted by atomic mass is 16.4. The lowest BCUT2D eigenvalue weighted by atomic mass is 10.3. The molecular formula is C9H14N2O2. The molecular weight excluding hydrogens is 168 g/mol. The number of furan rings is 1. The Labute approximate surface area is 76.9 Å². The van der Waals surface area contributed by atoms with Gasteiger partial charge in [0, 0.05) is 19.2 Å². The second-order valence-electron chi connectivity index (χ2n) is 3.33. The molecule has 3 N–H and O–H groups in total. The van der Waals surface area contributed by atoms with E-state index in [-0.39, 0.29) is 6.10 Å². The van der Waals surface area contributed by atoms with Crippen LogP contribution in [0.15, 0.2) is 16.5 Å². The summed E-state index contributed by atoms with van der Waals surface area (Å²) in [5.74, 6) is 1.60. The van der Waals surface area contributed by atoms with Gasteiger partial charge in [-0.25, -0.2) is 0 Å². The number of hydrogen-bond donors (Lipinski definition) is 2. The van der Waals surface area contributed by atoms with Crippen molar-refractivity contribution in [2.75, 3.05) is 18.0 Å². The Morgan fingerprint density at radius 2 is 2.46 bits per heavy atom. The van der Waals surface area contributed by atoms with E-state index in [2.05, 4.69) is 0 Å². The first kappa shape index (κ1) is 8.59. The number of rotatable bonds is 2. The zero-order valence-electron chi connectivity index (χ0n) is 7.44. The lowest BCUT2D eigenvalue weighted by molar-refractivity contribution is 0.198. The topological polar surface area (TPSA) is 62.6 Å². The molecule has 0 radical (unpaired) electrons. The predicted molar refractivity (Wildman–Crippen MR) is 49.4 cm³/mol. The number of β-amino-alcohol motifs (C(OH)–C–C–N with tert-alkyl or cyclic N) is 1. The van der Waals surface area contributed by atoms with Crippen LogP contribution in [0.2, 0.25) is 0 Å². The monoisotopic (exact) mass is 182 g/mol. The molecule has 1 aliphatic rings. The Hall–Kier alpha value is -1.00. The first-order valence-corrected chi connectivity index (χ1v) is 4.51. The minimum Gasteiger partial charge on any atom is -0.444 e. The lowest BCUT2D eigenvalue weighted by Crippen LogP contribution is -2.20. The fourth-order valence-corrected chi connectivity index (χ4v) is 1.59. The first-order valence-electron chi connectivity index (χ1n) is 4.51. The van der Waals surface area contributed by atoms with Gasteiger partial charge in [-0.05, 0) is 12.5 Å². The smallest absolute Gasteiger partial charge is 0.195 e. The van der Waals surface area contributed by atoms with Crippen LogP contribution in [0.3, 0.4) is 0 Å². The maximum Gasteiger partial charge on any atom is 0.195 e. The summed E-state index contributed by atoms with van der Waals surface area (Å²) in [6, 6.07) is 3.78. The Morgan fingerprint density at radius 1 is 1.62 bits per heavy atom. The van der Waals surface area contributed by atoms with Crippen molar-refractivity contribution in [2.45, 2.75) is 19.1 Å². The second-order valence-corrected chi connectivity index (χ2v) is 3.33. The molecule has 0 amide bonds. The summed E-state index contributed by atoms with van der Waals surface area (Å²) in [6.07, 6.45) is 0.602. The molecule has 2 heterocycles. The highest BCUT2D eigenvalue weighted by molar-refractivity contribution is 5.37. The van der Waals surface area contributed by atoms with Crippen molar-refractivity contribution in [3.63, 3.8) is 0 Å². The number of aliphatic hydroxyl groups excluding tert-OH is 1. The molecule has 1 aliphatic heterocycles. The molecule has 0 aliphatic carbocycles. The second kappa shape index (κ2) is 3.40. The van der Waals surface area contributed by atoms with E-state index in [1.807, 2.05) is 17.0 Å². The van der Waals surface area contributed by atoms with Gasteiger partial charge in [-0.15, -0.1) is 0 Å². The van der Waals surface area contributed by atoms with Gasteiger partial charge in [-0.1, -0.05) is 0 Å². The van der Waals surface area contributed by atoms with E-state index in [9.17, 15) is 5.11 Å². The van der Waals surface area contributed by atoms with Crippen molar-refractivity contribution in [2.24, 2.45) is 5.73 Å². The van der Waals surface area contributed by atoms with Gasteiger partial charge in [0.15, 0.2) is 5.88 Å². The SMILES string of the molecule is NCc1ccc(N2CCC(O)C2)o1. The van der Waals surface area contributed by atoms with Crippen LogP contribution in [-0.4, -0.2) is 24.3 Å². The Kier molecular flexibility index (Phi) is 2.24. The summed E-state index contributed by atoms with van der Waals surface area (Å²) >= 11 is 0. The molecule has 0 bridgehead atoms. The standard InChI is InChI=1S/C9H14N2O2/c10-5-8-1-2-9(13-8)11-4-3-7(12)6-11/h1-2,7,12H,3-6,10H2. The Bertz CT molecular complexity index is 285. The van der Waals surface area contributed by atoms with E-state index in [4.69, 9.17) is 10.2 Å². The summed E-state index contributed by atoms with van der Waals surface area (Å²) in [5.41, 5.74) is 5.43. The van der Waals surface area contributed by atoms with Gasteiger partial charge in [0.1, 0.15) is 5.76 Å². The molecule has 1 saturated heterocycles. The summed E-state index contributed by atoms with van der Waals surface area (Å²) in [7, 11) is 0. The molecule has 0 aromatic carbocycles. The highest BCUT2D eigenvalue weighted by Gasteiger charge is 2.22. The Morgan fingerprint density at radius 3 is 3.00 bits per heavy atom. The van der Waals surface area contributed by atoms with Gasteiger partial charge in [0.25, 0.3) is 0 Å². The summed E-state index contributed by atoms with van der Waals surface area (Å²) in [4.78, 5) is 2.03. The van der Waals surface area contributed by atoms with Crippen LogP contribution in [-0.2, 0) is 6.54 Å². The van der Waals surface area contributed by atoms with Crippen molar-refractivity contribution in [3.05, 3.63) is 17.9 Å². The van der Waals surface area contributed by atoms with Gasteiger partial charge in [0.05, 0.1) is 12.6 Å². The number of aliphatic hydroxyl groups is 1. The van der Waals surface area contributed by atoms with Crippen LogP contribution >= 0.6 is 0 Å². The van der Waals surface area contributed by atoms with Crippen molar-refractivity contribution < 1.29 is 9.52 Å². The molecule has 2 rings (SSSR count). The molecule has 4 heteroatoms. The van der Waals surface area contributed by atoms with Crippen molar-refractivity contribution in [1.29, 1.82) is 0 Å². The van der Waals surface area contributed by atoms with Crippen molar-refractivity contribution >= 4 is 5.88 Å². The van der Waals surface area contributed by atoms with E-state index in [1.165, 1.54) is 0 Å². The van der Waals surface area contributed by atoms with Gasteiger partial charge in [0.2, 0.25) is 0 Å². The fourth-order valence-electron chi connectivity index (χ4n) is 1.59. The summed E-state index contributed by atoms with van der Waals surface area (Å²) < 4.78 is 5.45. The Balaban J connectivity index is 2.08. The minimum absolute atomic E-state index is 0.216. The third-order valence-corrected chi connectivity index (χ3v) is 2.32. The minimum atomic E-state index is -0.216. The maximum atomic E-state index is 9.32. The molecule has 72 valence electrons. The van der Waals surface area contributed by atoms with E-state index in [0.717, 1.165) is 24.6 Å². The molecule has 1 unspecified atom stereocenters. The van der Waals surface area contributed by atoms with Crippen molar-refractivity contribution in [3.8, 4) is 0 Å². The molecule has 13 heavy (non-hydrogen) atoms. The molecule has 1 fully saturated rings. The van der Waals surface area contributed by atoms with Crippen LogP contribution in [0.1, 0.15) is 12.2 Å². The first-order chi connectivity index (χ1) is 6.29. The van der Waals surface area contributed by atoms with Gasteiger partial charge in [-0.3, -0.25) is 0 Å². The maximum absolute atomic E-state index is 9.32. The van der Waals surface area contributed by atoms with Crippen LogP contribution in [0.25, 0.3) is 0 Å². The van der Waals surface area contributed by atoms with E-state index < -0.39 is 0 Å². The largest absolute Gasteiger partial charge is 0.444 e. The molecule has 1 atom stereocenters. The van der Waals surface area contributed by atoms with Crippen molar-refractivity contribution in [1.82, 2.24) is 0 Å². The van der Waals surface area contributed by atoms with E-state index in [1.54, 1.807) is 0 Å². The molecule has 0 spiro atoms. The van der Waals surface area contributed by atoms with Crippen LogP contribution in [0.5, 0.6) is 0 Å². The van der Waals surface area contributed by atoms with Crippen LogP contribution in [0.4, 0.5) is 5.88 Å². The third kappa shape index (κ3) is 1.68. The normalized spacial score (nSPS) is 22.6. The fraction of sp³-hybridized carbons (Fsp3) is 0.556. The van der Waals surface area contributed by atoms with E-state index in [0.29, 0.717) is 13.1 Å². The lowest BCUT2D eigenvalue weighted by Gasteiger charge is -2.13. The van der Waals surface area contributed by atoms with Crippen LogP contribution in [0, 0.1) is 0 Å². The highest BCUT2D eigenvalue weighted by Crippen LogP contribution is 2.22. The van der Waals surface area contributed by atoms with Gasteiger partial charge in [-0.2, -0.15) is 0 Å².